The van der Waals surface area contributed by atoms with Crippen LogP contribution in [0.5, 0.6) is 0 Å². The van der Waals surface area contributed by atoms with E-state index in [1.807, 2.05) is 0 Å². The average molecular weight is 295 g/mol. The molecule has 0 aliphatic rings. The zero-order valence-electron chi connectivity index (χ0n) is 10.4. The van der Waals surface area contributed by atoms with Crippen molar-refractivity contribution in [3.8, 4) is 0 Å². The van der Waals surface area contributed by atoms with Crippen LogP contribution in [0.4, 0.5) is 18.9 Å². The third kappa shape index (κ3) is 4.11. The molecular formula is C12H14ClF3N2O. The van der Waals surface area contributed by atoms with Gasteiger partial charge in [0.25, 0.3) is 0 Å². The highest BCUT2D eigenvalue weighted by atomic mass is 35.5. The fourth-order valence-corrected chi connectivity index (χ4v) is 1.57. The summed E-state index contributed by atoms with van der Waals surface area (Å²) in [5, 5.41) is 1.92. The van der Waals surface area contributed by atoms with Gasteiger partial charge in [0.15, 0.2) is 0 Å². The van der Waals surface area contributed by atoms with Gasteiger partial charge >= 0.3 is 6.18 Å². The molecule has 7 heteroatoms. The molecule has 19 heavy (non-hydrogen) atoms. The zero-order valence-corrected chi connectivity index (χ0v) is 11.1. The predicted octanol–water partition coefficient (Wildman–Crippen LogP) is 3.28. The summed E-state index contributed by atoms with van der Waals surface area (Å²) in [6, 6.07) is 2.38. The second kappa shape index (κ2) is 5.79. The van der Waals surface area contributed by atoms with Gasteiger partial charge < -0.3 is 11.1 Å². The lowest BCUT2D eigenvalue weighted by Crippen LogP contribution is -2.39. The third-order valence-corrected chi connectivity index (χ3v) is 2.89. The van der Waals surface area contributed by atoms with E-state index in [0.29, 0.717) is 0 Å². The van der Waals surface area contributed by atoms with Crippen molar-refractivity contribution in [2.75, 3.05) is 5.32 Å². The van der Waals surface area contributed by atoms with Gasteiger partial charge in [-0.1, -0.05) is 25.4 Å². The number of carbonyl (C=O) groups is 1. The van der Waals surface area contributed by atoms with Crippen molar-refractivity contribution in [1.82, 2.24) is 0 Å². The van der Waals surface area contributed by atoms with Gasteiger partial charge in [-0.3, -0.25) is 4.79 Å². The number of alkyl halides is 3. The number of nitrogens with two attached hydrogens (primary N) is 1. The largest absolute Gasteiger partial charge is 0.417 e. The Kier molecular flexibility index (Phi) is 4.81. The van der Waals surface area contributed by atoms with E-state index in [2.05, 4.69) is 5.32 Å². The van der Waals surface area contributed by atoms with E-state index in [-0.39, 0.29) is 11.6 Å². The molecule has 1 aromatic rings. The van der Waals surface area contributed by atoms with Gasteiger partial charge in [-0.2, -0.15) is 13.2 Å². The Bertz CT molecular complexity index is 475. The van der Waals surface area contributed by atoms with Gasteiger partial charge in [0.1, 0.15) is 0 Å². The smallest absolute Gasteiger partial charge is 0.325 e. The van der Waals surface area contributed by atoms with Crippen LogP contribution in [0.3, 0.4) is 0 Å². The minimum absolute atomic E-state index is 0.0119. The van der Waals surface area contributed by atoms with Crippen molar-refractivity contribution in [2.45, 2.75) is 26.1 Å². The van der Waals surface area contributed by atoms with E-state index in [1.54, 1.807) is 13.8 Å². The summed E-state index contributed by atoms with van der Waals surface area (Å²) >= 11 is 5.47. The predicted molar refractivity (Wildman–Crippen MR) is 67.9 cm³/mol. The Morgan fingerprint density at radius 2 is 1.95 bits per heavy atom. The fraction of sp³-hybridized carbons (Fsp3) is 0.417. The molecule has 3 N–H and O–H groups in total. The van der Waals surface area contributed by atoms with Gasteiger partial charge in [0.05, 0.1) is 16.6 Å². The van der Waals surface area contributed by atoms with E-state index in [4.69, 9.17) is 17.3 Å². The van der Waals surface area contributed by atoms with Crippen LogP contribution in [-0.2, 0) is 11.0 Å². The number of hydrogen-bond donors (Lipinski definition) is 2. The minimum atomic E-state index is -4.57. The first-order valence-electron chi connectivity index (χ1n) is 5.56. The summed E-state index contributed by atoms with van der Waals surface area (Å²) in [4.78, 5) is 11.6. The number of nitrogens with one attached hydrogen (secondary N) is 1. The van der Waals surface area contributed by atoms with Crippen LogP contribution in [-0.4, -0.2) is 11.9 Å². The van der Waals surface area contributed by atoms with E-state index < -0.39 is 28.7 Å². The van der Waals surface area contributed by atoms with Gasteiger partial charge in [-0.05, 0) is 24.1 Å². The number of benzene rings is 1. The van der Waals surface area contributed by atoms with Crippen molar-refractivity contribution < 1.29 is 18.0 Å². The highest BCUT2D eigenvalue weighted by Crippen LogP contribution is 2.36. The first-order chi connectivity index (χ1) is 8.62. The minimum Gasteiger partial charge on any atom is -0.325 e. The molecule has 0 saturated heterocycles. The Hall–Kier alpha value is -1.27. The van der Waals surface area contributed by atoms with Crippen LogP contribution in [0.2, 0.25) is 5.02 Å². The second-order valence-corrected chi connectivity index (χ2v) is 4.86. The lowest BCUT2D eigenvalue weighted by atomic mass is 10.0. The molecule has 0 radical (unpaired) electrons. The Labute approximate surface area is 113 Å². The van der Waals surface area contributed by atoms with E-state index in [1.165, 1.54) is 6.07 Å². The molecule has 3 nitrogen and oxygen atoms in total. The van der Waals surface area contributed by atoms with Gasteiger partial charge in [-0.15, -0.1) is 0 Å². The van der Waals surface area contributed by atoms with E-state index >= 15 is 0 Å². The number of anilines is 1. The molecule has 0 heterocycles. The molecule has 0 aliphatic carbocycles. The highest BCUT2D eigenvalue weighted by molar-refractivity contribution is 6.31. The normalized spacial score (nSPS) is 13.5. The van der Waals surface area contributed by atoms with Crippen molar-refractivity contribution >= 4 is 23.2 Å². The summed E-state index contributed by atoms with van der Waals surface area (Å²) in [6.07, 6.45) is -4.57. The highest BCUT2D eigenvalue weighted by Gasteiger charge is 2.33. The quantitative estimate of drug-likeness (QED) is 0.899. The molecule has 0 bridgehead atoms. The number of amides is 1. The number of carbonyl (C=O) groups excluding carboxylic acids is 1. The lowest BCUT2D eigenvalue weighted by molar-refractivity contribution is -0.137. The molecule has 0 fully saturated rings. The molecule has 1 atom stereocenters. The molecular weight excluding hydrogens is 281 g/mol. The Morgan fingerprint density at radius 3 is 2.42 bits per heavy atom. The molecule has 1 amide bonds. The number of halogens is 4. The molecule has 0 aromatic heterocycles. The molecule has 1 aromatic carbocycles. The molecule has 0 saturated carbocycles. The number of hydrogen-bond acceptors (Lipinski definition) is 2. The Balaban J connectivity index is 2.95. The van der Waals surface area contributed by atoms with Gasteiger partial charge in [0, 0.05) is 5.69 Å². The van der Waals surface area contributed by atoms with Crippen LogP contribution in [0.1, 0.15) is 19.4 Å². The van der Waals surface area contributed by atoms with Crippen LogP contribution >= 0.6 is 11.6 Å². The summed E-state index contributed by atoms with van der Waals surface area (Å²) in [5.74, 6) is -0.653. The average Bonchev–Trinajstić information content (AvgIpc) is 2.28. The van der Waals surface area contributed by atoms with Crippen molar-refractivity contribution in [1.29, 1.82) is 0 Å². The zero-order chi connectivity index (χ0) is 14.8. The summed E-state index contributed by atoms with van der Waals surface area (Å²) in [5.41, 5.74) is 4.62. The van der Waals surface area contributed by atoms with Crippen LogP contribution in [0.25, 0.3) is 0 Å². The SMILES string of the molecule is CC(C)C(N)C(=O)Nc1ccc(Cl)c(C(F)(F)F)c1. The fourth-order valence-electron chi connectivity index (χ4n) is 1.35. The molecule has 0 spiro atoms. The van der Waals surface area contributed by atoms with Gasteiger partial charge in [-0.25, -0.2) is 0 Å². The van der Waals surface area contributed by atoms with E-state index in [0.717, 1.165) is 12.1 Å². The second-order valence-electron chi connectivity index (χ2n) is 4.45. The maximum absolute atomic E-state index is 12.6. The third-order valence-electron chi connectivity index (χ3n) is 2.56. The molecule has 106 valence electrons. The first kappa shape index (κ1) is 15.8. The van der Waals surface area contributed by atoms with Crippen molar-refractivity contribution in [3.63, 3.8) is 0 Å². The van der Waals surface area contributed by atoms with Crippen LogP contribution in [0, 0.1) is 5.92 Å². The van der Waals surface area contributed by atoms with Gasteiger partial charge in [0.2, 0.25) is 5.91 Å². The first-order valence-corrected chi connectivity index (χ1v) is 5.94. The van der Waals surface area contributed by atoms with Crippen LogP contribution < -0.4 is 11.1 Å². The van der Waals surface area contributed by atoms with Crippen LogP contribution in [0.15, 0.2) is 18.2 Å². The van der Waals surface area contributed by atoms with E-state index in [9.17, 15) is 18.0 Å². The van der Waals surface area contributed by atoms with Crippen molar-refractivity contribution in [3.05, 3.63) is 28.8 Å². The summed E-state index contributed by atoms with van der Waals surface area (Å²) in [6.45, 7) is 3.49. The maximum Gasteiger partial charge on any atom is 0.417 e. The monoisotopic (exact) mass is 294 g/mol. The summed E-state index contributed by atoms with van der Waals surface area (Å²) < 4.78 is 37.9. The Morgan fingerprint density at radius 1 is 1.37 bits per heavy atom. The van der Waals surface area contributed by atoms with Crippen molar-refractivity contribution in [2.24, 2.45) is 11.7 Å². The molecule has 1 rings (SSSR count). The summed E-state index contributed by atoms with van der Waals surface area (Å²) in [7, 11) is 0. The number of rotatable bonds is 3. The molecule has 1 unspecified atom stereocenters. The standard InChI is InChI=1S/C12H14ClF3N2O/c1-6(2)10(17)11(19)18-7-3-4-9(13)8(5-7)12(14,15)16/h3-6,10H,17H2,1-2H3,(H,18,19). The molecule has 0 aliphatic heterocycles. The maximum atomic E-state index is 12.6. The topological polar surface area (TPSA) is 55.1 Å². The lowest BCUT2D eigenvalue weighted by Gasteiger charge is -2.16.